The van der Waals surface area contributed by atoms with Gasteiger partial charge in [-0.1, -0.05) is 16.1 Å². The summed E-state index contributed by atoms with van der Waals surface area (Å²) in [7, 11) is 1.61. The maximum absolute atomic E-state index is 12.1. The minimum Gasteiger partial charge on any atom is -0.496 e. The first-order valence-electron chi connectivity index (χ1n) is 7.16. The van der Waals surface area contributed by atoms with E-state index in [-0.39, 0.29) is 5.91 Å². The van der Waals surface area contributed by atoms with Crippen molar-refractivity contribution in [3.8, 4) is 17.0 Å². The number of aryl methyl sites for hydroxylation is 2. The fraction of sp³-hybridized carbons (Fsp3) is 0.188. The van der Waals surface area contributed by atoms with Crippen LogP contribution in [0.4, 0.5) is 5.82 Å². The molecular formula is C16H15N5O2S. The Morgan fingerprint density at radius 2 is 2.04 bits per heavy atom. The molecule has 8 heteroatoms. The molecule has 1 N–H and O–H groups in total. The fourth-order valence-corrected chi connectivity index (χ4v) is 2.72. The highest BCUT2D eigenvalue weighted by Gasteiger charge is 2.14. The first kappa shape index (κ1) is 16.0. The van der Waals surface area contributed by atoms with Gasteiger partial charge >= 0.3 is 0 Å². The Kier molecular flexibility index (Phi) is 4.48. The topological polar surface area (TPSA) is 89.9 Å². The van der Waals surface area contributed by atoms with E-state index in [1.165, 1.54) is 6.20 Å². The van der Waals surface area contributed by atoms with Gasteiger partial charge in [-0.05, 0) is 37.5 Å². The average Bonchev–Trinajstić information content (AvgIpc) is 3.02. The standard InChI is InChI=1S/C16H15N5O2S/c1-9-4-5-13(23-3)11(6-9)12-7-18-14(8-17-12)19-16(22)15-10(2)20-21-24-15/h4-8H,1-3H3,(H,18,19,22). The second-order valence-electron chi connectivity index (χ2n) is 5.13. The van der Waals surface area contributed by atoms with Gasteiger partial charge in [0, 0.05) is 5.56 Å². The summed E-state index contributed by atoms with van der Waals surface area (Å²) in [6.07, 6.45) is 3.11. The number of ether oxygens (including phenoxy) is 1. The van der Waals surface area contributed by atoms with Gasteiger partial charge in [-0.3, -0.25) is 9.78 Å². The van der Waals surface area contributed by atoms with E-state index in [1.807, 2.05) is 25.1 Å². The molecule has 2 aromatic heterocycles. The van der Waals surface area contributed by atoms with Crippen LogP contribution in [-0.4, -0.2) is 32.6 Å². The Bertz CT molecular complexity index is 876. The highest BCUT2D eigenvalue weighted by atomic mass is 32.1. The van der Waals surface area contributed by atoms with Gasteiger partial charge in [0.05, 0.1) is 30.9 Å². The van der Waals surface area contributed by atoms with E-state index >= 15 is 0 Å². The van der Waals surface area contributed by atoms with Crippen molar-refractivity contribution in [3.05, 3.63) is 46.7 Å². The monoisotopic (exact) mass is 341 g/mol. The van der Waals surface area contributed by atoms with E-state index < -0.39 is 0 Å². The number of rotatable bonds is 4. The van der Waals surface area contributed by atoms with Crippen LogP contribution in [0.5, 0.6) is 5.75 Å². The van der Waals surface area contributed by atoms with Crippen molar-refractivity contribution < 1.29 is 9.53 Å². The van der Waals surface area contributed by atoms with Crippen molar-refractivity contribution in [2.24, 2.45) is 0 Å². The molecule has 0 aliphatic rings. The van der Waals surface area contributed by atoms with E-state index in [0.717, 1.165) is 28.4 Å². The molecule has 0 radical (unpaired) electrons. The van der Waals surface area contributed by atoms with Crippen LogP contribution >= 0.6 is 11.5 Å². The normalized spacial score (nSPS) is 10.5. The molecule has 0 bridgehead atoms. The number of hydrogen-bond donors (Lipinski definition) is 1. The molecule has 0 aliphatic carbocycles. The second-order valence-corrected chi connectivity index (χ2v) is 5.89. The van der Waals surface area contributed by atoms with Gasteiger partial charge in [0.2, 0.25) is 0 Å². The quantitative estimate of drug-likeness (QED) is 0.785. The van der Waals surface area contributed by atoms with E-state index in [9.17, 15) is 4.79 Å². The van der Waals surface area contributed by atoms with Crippen LogP contribution in [-0.2, 0) is 0 Å². The van der Waals surface area contributed by atoms with Crippen LogP contribution in [0.25, 0.3) is 11.3 Å². The smallest absolute Gasteiger partial charge is 0.270 e. The van der Waals surface area contributed by atoms with Crippen molar-refractivity contribution in [1.82, 2.24) is 19.6 Å². The van der Waals surface area contributed by atoms with Gasteiger partial charge in [-0.25, -0.2) is 4.98 Å². The molecule has 3 aromatic rings. The number of anilines is 1. The minimum atomic E-state index is -0.294. The molecule has 1 amide bonds. The number of nitrogens with one attached hydrogen (secondary N) is 1. The third-order valence-electron chi connectivity index (χ3n) is 3.38. The van der Waals surface area contributed by atoms with Crippen LogP contribution in [0.3, 0.4) is 0 Å². The van der Waals surface area contributed by atoms with Gasteiger partial charge in [0.25, 0.3) is 5.91 Å². The summed E-state index contributed by atoms with van der Waals surface area (Å²) in [5.41, 5.74) is 3.21. The average molecular weight is 341 g/mol. The fourth-order valence-electron chi connectivity index (χ4n) is 2.17. The Morgan fingerprint density at radius 3 is 2.67 bits per heavy atom. The van der Waals surface area contributed by atoms with E-state index in [0.29, 0.717) is 22.1 Å². The van der Waals surface area contributed by atoms with Gasteiger partial charge in [-0.2, -0.15) is 0 Å². The number of hydrogen-bond acceptors (Lipinski definition) is 7. The summed E-state index contributed by atoms with van der Waals surface area (Å²) in [4.78, 5) is 21.2. The van der Waals surface area contributed by atoms with Crippen LogP contribution in [0, 0.1) is 13.8 Å². The van der Waals surface area contributed by atoms with Crippen LogP contribution < -0.4 is 10.1 Å². The molecule has 0 aliphatic heterocycles. The van der Waals surface area contributed by atoms with Gasteiger partial charge < -0.3 is 10.1 Å². The SMILES string of the molecule is COc1ccc(C)cc1-c1cnc(NC(=O)c2snnc2C)cn1. The molecule has 122 valence electrons. The van der Waals surface area contributed by atoms with Crippen LogP contribution in [0.2, 0.25) is 0 Å². The van der Waals surface area contributed by atoms with Crippen molar-refractivity contribution in [2.45, 2.75) is 13.8 Å². The van der Waals surface area contributed by atoms with Gasteiger partial charge in [0.15, 0.2) is 5.82 Å². The Balaban J connectivity index is 1.83. The van der Waals surface area contributed by atoms with Crippen molar-refractivity contribution >= 4 is 23.3 Å². The Hall–Kier alpha value is -2.87. The zero-order chi connectivity index (χ0) is 17.1. The molecule has 0 unspecified atom stereocenters. The number of carbonyl (C=O) groups excluding carboxylic acids is 1. The number of carbonyl (C=O) groups is 1. The molecule has 0 fully saturated rings. The molecule has 1 aromatic carbocycles. The first-order chi connectivity index (χ1) is 11.6. The van der Waals surface area contributed by atoms with E-state index in [1.54, 1.807) is 20.2 Å². The molecule has 0 saturated carbocycles. The van der Waals surface area contributed by atoms with Gasteiger partial charge in [0.1, 0.15) is 10.6 Å². The van der Waals surface area contributed by atoms with Crippen molar-refractivity contribution in [3.63, 3.8) is 0 Å². The zero-order valence-corrected chi connectivity index (χ0v) is 14.2. The highest BCUT2D eigenvalue weighted by Crippen LogP contribution is 2.29. The van der Waals surface area contributed by atoms with Gasteiger partial charge in [-0.15, -0.1) is 5.10 Å². The zero-order valence-electron chi connectivity index (χ0n) is 13.4. The summed E-state index contributed by atoms with van der Waals surface area (Å²) < 4.78 is 9.11. The lowest BCUT2D eigenvalue weighted by atomic mass is 10.1. The molecule has 0 saturated heterocycles. The minimum absolute atomic E-state index is 0.294. The summed E-state index contributed by atoms with van der Waals surface area (Å²) >= 11 is 1.05. The molecule has 0 atom stereocenters. The van der Waals surface area contributed by atoms with Crippen molar-refractivity contribution in [2.75, 3.05) is 12.4 Å². The predicted molar refractivity (Wildman–Crippen MR) is 91.4 cm³/mol. The molecule has 24 heavy (non-hydrogen) atoms. The number of benzene rings is 1. The lowest BCUT2D eigenvalue weighted by Gasteiger charge is -2.09. The Labute approximate surface area is 142 Å². The molecular weight excluding hydrogens is 326 g/mol. The van der Waals surface area contributed by atoms with E-state index in [2.05, 4.69) is 24.9 Å². The molecule has 2 heterocycles. The van der Waals surface area contributed by atoms with Crippen LogP contribution in [0.15, 0.2) is 30.6 Å². The second kappa shape index (κ2) is 6.71. The highest BCUT2D eigenvalue weighted by molar-refractivity contribution is 7.08. The summed E-state index contributed by atoms with van der Waals surface area (Å²) in [5.74, 6) is 0.791. The first-order valence-corrected chi connectivity index (χ1v) is 7.93. The number of aromatic nitrogens is 4. The summed E-state index contributed by atoms with van der Waals surface area (Å²) in [6, 6.07) is 5.84. The van der Waals surface area contributed by atoms with Crippen LogP contribution in [0.1, 0.15) is 20.9 Å². The number of nitrogens with zero attached hydrogens (tertiary/aromatic N) is 4. The lowest BCUT2D eigenvalue weighted by molar-refractivity contribution is 0.102. The number of amides is 1. The lowest BCUT2D eigenvalue weighted by Crippen LogP contribution is -2.13. The van der Waals surface area contributed by atoms with E-state index in [4.69, 9.17) is 4.74 Å². The maximum Gasteiger partial charge on any atom is 0.270 e. The Morgan fingerprint density at radius 1 is 1.21 bits per heavy atom. The summed E-state index contributed by atoms with van der Waals surface area (Å²) in [6.45, 7) is 3.73. The predicted octanol–water partition coefficient (Wildman–Crippen LogP) is 2.87. The maximum atomic E-state index is 12.1. The number of methoxy groups -OCH3 is 1. The summed E-state index contributed by atoms with van der Waals surface area (Å²) in [5, 5.41) is 6.51. The third-order valence-corrected chi connectivity index (χ3v) is 4.21. The molecule has 7 nitrogen and oxygen atoms in total. The largest absolute Gasteiger partial charge is 0.496 e. The molecule has 0 spiro atoms. The third kappa shape index (κ3) is 3.23. The molecule has 3 rings (SSSR count). The van der Waals surface area contributed by atoms with Crippen molar-refractivity contribution in [1.29, 1.82) is 0 Å².